The van der Waals surface area contributed by atoms with E-state index >= 15 is 0 Å². The van der Waals surface area contributed by atoms with Gasteiger partial charge in [-0.3, -0.25) is 19.7 Å². The lowest BCUT2D eigenvalue weighted by Crippen LogP contribution is -2.13. The predicted octanol–water partition coefficient (Wildman–Crippen LogP) is 6.47. The fraction of sp³-hybridized carbons (Fsp3) is 0.273. The summed E-state index contributed by atoms with van der Waals surface area (Å²) in [6, 6.07) is 18.4. The number of nitrogens with zero attached hydrogens (tertiary/aromatic N) is 4. The number of carboxylic acids is 1. The third-order valence-corrected chi connectivity index (χ3v) is 7.77. The summed E-state index contributed by atoms with van der Waals surface area (Å²) in [4.78, 5) is 31.2. The molecule has 0 bridgehead atoms. The van der Waals surface area contributed by atoms with Crippen LogP contribution < -0.4 is 5.32 Å². The number of carboxylic acid groups (broad SMARTS) is 1. The topological polar surface area (TPSA) is 145 Å². The summed E-state index contributed by atoms with van der Waals surface area (Å²) in [5.41, 5.74) is 6.50. The number of aliphatic carboxylic acids is 1. The summed E-state index contributed by atoms with van der Waals surface area (Å²) in [7, 11) is 0. The molecule has 0 radical (unpaired) electrons. The third kappa shape index (κ3) is 5.56. The highest BCUT2D eigenvalue weighted by Crippen LogP contribution is 2.35. The van der Waals surface area contributed by atoms with Crippen LogP contribution in [0, 0.1) is 23.2 Å². The number of aromatic amines is 1. The monoisotopic (exact) mass is 558 g/mol. The number of rotatable bonds is 6. The van der Waals surface area contributed by atoms with Crippen molar-refractivity contribution in [2.45, 2.75) is 44.9 Å². The van der Waals surface area contributed by atoms with Crippen molar-refractivity contribution in [1.82, 2.24) is 20.2 Å². The smallest absolute Gasteiger partial charge is 0.306 e. The summed E-state index contributed by atoms with van der Waals surface area (Å²) < 4.78 is 0. The van der Waals surface area contributed by atoms with Gasteiger partial charge in [-0.2, -0.15) is 10.4 Å². The lowest BCUT2D eigenvalue weighted by atomic mass is 9.86. The molecule has 210 valence electrons. The van der Waals surface area contributed by atoms with Crippen molar-refractivity contribution in [3.05, 3.63) is 72.7 Å². The Morgan fingerprint density at radius 2 is 1.64 bits per heavy atom. The second-order valence-corrected chi connectivity index (χ2v) is 11.5. The number of hydrogen-bond donors (Lipinski definition) is 3. The van der Waals surface area contributed by atoms with E-state index in [4.69, 9.17) is 10.1 Å². The Morgan fingerprint density at radius 1 is 0.929 bits per heavy atom. The first kappa shape index (κ1) is 27.1. The van der Waals surface area contributed by atoms with Crippen LogP contribution >= 0.6 is 0 Å². The maximum Gasteiger partial charge on any atom is 0.306 e. The molecule has 5 aromatic rings. The number of H-pyrrole nitrogens is 1. The summed E-state index contributed by atoms with van der Waals surface area (Å²) in [6.45, 7) is 3.82. The van der Waals surface area contributed by atoms with Gasteiger partial charge in [0.15, 0.2) is 0 Å². The molecule has 0 aliphatic heterocycles. The molecule has 42 heavy (non-hydrogen) atoms. The predicted molar refractivity (Wildman–Crippen MR) is 160 cm³/mol. The van der Waals surface area contributed by atoms with Crippen LogP contribution in [0.5, 0.6) is 0 Å². The minimum Gasteiger partial charge on any atom is -0.481 e. The number of amides is 1. The lowest BCUT2D eigenvalue weighted by Gasteiger charge is -2.16. The molecule has 0 saturated heterocycles. The number of aromatic nitrogens is 4. The zero-order valence-electron chi connectivity index (χ0n) is 23.4. The maximum atomic E-state index is 12.2. The van der Waals surface area contributed by atoms with Crippen LogP contribution in [-0.4, -0.2) is 37.1 Å². The van der Waals surface area contributed by atoms with E-state index in [0.717, 1.165) is 75.4 Å². The van der Waals surface area contributed by atoms with Crippen molar-refractivity contribution in [3.8, 4) is 28.5 Å². The van der Waals surface area contributed by atoms with Gasteiger partial charge in [0.05, 0.1) is 52.2 Å². The van der Waals surface area contributed by atoms with Gasteiger partial charge in [-0.05, 0) is 68.9 Å². The van der Waals surface area contributed by atoms with Gasteiger partial charge >= 0.3 is 5.97 Å². The highest BCUT2D eigenvalue weighted by atomic mass is 16.4. The van der Waals surface area contributed by atoms with Gasteiger partial charge < -0.3 is 10.4 Å². The normalized spacial score (nSPS) is 14.6. The van der Waals surface area contributed by atoms with Crippen LogP contribution in [0.4, 0.5) is 5.69 Å². The fourth-order valence-electron chi connectivity index (χ4n) is 4.78. The maximum absolute atomic E-state index is 12.2. The Hall–Kier alpha value is -5.10. The van der Waals surface area contributed by atoms with Crippen molar-refractivity contribution < 1.29 is 14.7 Å². The SMILES string of the molecule is CC(C)(C#N)c1ccc(-c2nc3ccc(-c4cncc(NC(=O)C5CC5)c4)cc3c3cn[nH]c23)cc1.O=C(O)C1CC1. The van der Waals surface area contributed by atoms with E-state index in [1.54, 1.807) is 12.4 Å². The molecule has 7 rings (SSSR count). The Bertz CT molecular complexity index is 1860. The summed E-state index contributed by atoms with van der Waals surface area (Å²) in [5, 5.41) is 29.9. The molecule has 2 aliphatic carbocycles. The van der Waals surface area contributed by atoms with E-state index in [9.17, 15) is 14.9 Å². The molecule has 2 saturated carbocycles. The Labute approximate surface area is 242 Å². The van der Waals surface area contributed by atoms with Gasteiger partial charge in [-0.15, -0.1) is 0 Å². The number of pyridine rings is 2. The highest BCUT2D eigenvalue weighted by molar-refractivity contribution is 6.10. The van der Waals surface area contributed by atoms with Gasteiger partial charge in [0.25, 0.3) is 0 Å². The molecule has 0 spiro atoms. The van der Waals surface area contributed by atoms with Crippen molar-refractivity contribution in [3.63, 3.8) is 0 Å². The minimum absolute atomic E-state index is 0.0185. The zero-order valence-corrected chi connectivity index (χ0v) is 23.4. The van der Waals surface area contributed by atoms with E-state index in [1.807, 2.05) is 62.5 Å². The number of carbonyl (C=O) groups is 2. The van der Waals surface area contributed by atoms with E-state index in [1.165, 1.54) is 0 Å². The first-order valence-corrected chi connectivity index (χ1v) is 14.0. The van der Waals surface area contributed by atoms with Gasteiger partial charge in [-0.25, -0.2) is 4.98 Å². The molecule has 2 fully saturated rings. The molecule has 3 aromatic heterocycles. The number of carbonyl (C=O) groups excluding carboxylic acids is 1. The van der Waals surface area contributed by atoms with Gasteiger partial charge in [0.2, 0.25) is 5.91 Å². The third-order valence-electron chi connectivity index (χ3n) is 7.77. The average Bonchev–Trinajstić information content (AvgIpc) is 3.94. The first-order valence-electron chi connectivity index (χ1n) is 14.0. The molecule has 3 heterocycles. The molecule has 2 aliphatic rings. The van der Waals surface area contributed by atoms with Crippen LogP contribution in [0.2, 0.25) is 0 Å². The summed E-state index contributed by atoms with van der Waals surface area (Å²) in [6.07, 6.45) is 9.01. The molecule has 2 aromatic carbocycles. The van der Waals surface area contributed by atoms with E-state index in [-0.39, 0.29) is 17.7 Å². The van der Waals surface area contributed by atoms with Gasteiger partial charge in [-0.1, -0.05) is 30.3 Å². The number of fused-ring (bicyclic) bond motifs is 3. The molecule has 1 amide bonds. The number of hydrogen-bond acceptors (Lipinski definition) is 6. The van der Waals surface area contributed by atoms with Crippen LogP contribution in [0.1, 0.15) is 45.1 Å². The number of benzene rings is 2. The summed E-state index contributed by atoms with van der Waals surface area (Å²) in [5.74, 6) is -0.411. The van der Waals surface area contributed by atoms with E-state index < -0.39 is 11.4 Å². The standard InChI is InChI=1S/C29H24N6O.C4H6O2/c1-29(2,16-30)21-8-5-17(6-9-21)26-27-24(15-32-35-27)23-12-19(7-10-25(23)34-26)20-11-22(14-31-13-20)33-28(36)18-3-4-18;5-4(6)3-1-2-3/h5-15,18H,3-4H2,1-2H3,(H,32,35)(H,33,36);3H,1-2H2,(H,5,6). The van der Waals surface area contributed by atoms with Crippen molar-refractivity contribution in [2.24, 2.45) is 11.8 Å². The highest BCUT2D eigenvalue weighted by Gasteiger charge is 2.30. The number of nitriles is 1. The zero-order chi connectivity index (χ0) is 29.4. The van der Waals surface area contributed by atoms with Crippen molar-refractivity contribution in [1.29, 1.82) is 5.26 Å². The van der Waals surface area contributed by atoms with Gasteiger partial charge in [0.1, 0.15) is 0 Å². The molecule has 0 atom stereocenters. The average molecular weight is 559 g/mol. The molecular formula is C33H30N6O3. The molecule has 3 N–H and O–H groups in total. The van der Waals surface area contributed by atoms with E-state index in [0.29, 0.717) is 5.69 Å². The minimum atomic E-state index is -0.630. The second kappa shape index (κ2) is 10.7. The Balaban J connectivity index is 0.000000470. The van der Waals surface area contributed by atoms with Crippen molar-refractivity contribution >= 4 is 39.4 Å². The summed E-state index contributed by atoms with van der Waals surface area (Å²) >= 11 is 0. The largest absolute Gasteiger partial charge is 0.481 e. The molecule has 9 nitrogen and oxygen atoms in total. The second-order valence-electron chi connectivity index (χ2n) is 11.5. The molecular weight excluding hydrogens is 528 g/mol. The van der Waals surface area contributed by atoms with Crippen LogP contribution in [0.3, 0.4) is 0 Å². The van der Waals surface area contributed by atoms with Gasteiger partial charge in [0, 0.05) is 34.0 Å². The van der Waals surface area contributed by atoms with Crippen LogP contribution in [-0.2, 0) is 15.0 Å². The first-order chi connectivity index (χ1) is 20.2. The molecule has 9 heteroatoms. The Morgan fingerprint density at radius 3 is 2.29 bits per heavy atom. The van der Waals surface area contributed by atoms with E-state index in [2.05, 4.69) is 32.6 Å². The van der Waals surface area contributed by atoms with Crippen LogP contribution in [0.25, 0.3) is 44.2 Å². The quantitative estimate of drug-likeness (QED) is 0.216. The number of nitrogens with one attached hydrogen (secondary N) is 2. The van der Waals surface area contributed by atoms with Crippen LogP contribution in [0.15, 0.2) is 67.1 Å². The lowest BCUT2D eigenvalue weighted by molar-refractivity contribution is -0.138. The Kier molecular flexibility index (Phi) is 6.91. The van der Waals surface area contributed by atoms with Crippen molar-refractivity contribution in [2.75, 3.05) is 5.32 Å². The fourth-order valence-corrected chi connectivity index (χ4v) is 4.78. The molecule has 0 unspecified atom stereocenters. The number of anilines is 1.